The molecular weight excluding hydrogens is 649 g/mol. The molecule has 0 aliphatic carbocycles. The van der Waals surface area contributed by atoms with Gasteiger partial charge < -0.3 is 9.30 Å². The molecule has 0 spiro atoms. The average molecular weight is 680 g/mol. The summed E-state index contributed by atoms with van der Waals surface area (Å²) < 4.78 is 9.36. The molecule has 9 aromatic rings. The van der Waals surface area contributed by atoms with Crippen LogP contribution < -0.4 is 15.7 Å². The standard InChI is InChI=1S/C48H30BNOS/c1-2-12-31(13-3-1)32-14-10-15-33(26-32)36-28-41-40-20-6-9-23-47(40)52-49-42-25-24-35(29-45(42)51-46(30-36)48(41)49)34-16-11-17-37(27-34)50-43-21-7-4-18-38(43)39-19-5-8-22-44(39)50/h1-30H. The third kappa shape index (κ3) is 4.61. The Bertz CT molecular complexity index is 2820. The van der Waals surface area contributed by atoms with E-state index in [0.717, 1.165) is 33.9 Å². The van der Waals surface area contributed by atoms with Crippen molar-refractivity contribution in [2.45, 2.75) is 4.90 Å². The lowest BCUT2D eigenvalue weighted by atomic mass is 9.57. The molecule has 11 rings (SSSR count). The summed E-state index contributed by atoms with van der Waals surface area (Å²) >= 11 is 1.93. The third-order valence-electron chi connectivity index (χ3n) is 10.7. The van der Waals surface area contributed by atoms with Crippen molar-refractivity contribution in [3.63, 3.8) is 0 Å². The summed E-state index contributed by atoms with van der Waals surface area (Å²) in [6.07, 6.45) is 0. The summed E-state index contributed by atoms with van der Waals surface area (Å²) in [5.74, 6) is 2.00. The number of aromatic nitrogens is 1. The van der Waals surface area contributed by atoms with Gasteiger partial charge in [0.1, 0.15) is 11.5 Å². The van der Waals surface area contributed by atoms with E-state index < -0.39 is 0 Å². The van der Waals surface area contributed by atoms with Gasteiger partial charge in [0, 0.05) is 21.4 Å². The van der Waals surface area contributed by atoms with Crippen LogP contribution in [0, 0.1) is 0 Å². The lowest BCUT2D eigenvalue weighted by Crippen LogP contribution is -2.46. The van der Waals surface area contributed by atoms with E-state index in [4.69, 9.17) is 4.74 Å². The van der Waals surface area contributed by atoms with E-state index in [-0.39, 0.29) is 5.99 Å². The molecule has 0 saturated heterocycles. The van der Waals surface area contributed by atoms with Crippen LogP contribution in [0.1, 0.15) is 0 Å². The fourth-order valence-electron chi connectivity index (χ4n) is 8.24. The molecule has 0 saturated carbocycles. The van der Waals surface area contributed by atoms with E-state index in [2.05, 4.69) is 187 Å². The molecule has 8 aromatic carbocycles. The molecule has 1 aromatic heterocycles. The SMILES string of the molecule is c1ccc(-c2cccc(-c3cc4c5c(c3)-c3ccccc3SB5c3ccc(-c5cccc(-n6c7ccccc7c7ccccc76)c5)cc3O4)c2)cc1. The van der Waals surface area contributed by atoms with Crippen LogP contribution >= 0.6 is 11.6 Å². The van der Waals surface area contributed by atoms with Crippen LogP contribution in [0.25, 0.3) is 72.0 Å². The third-order valence-corrected chi connectivity index (χ3v) is 12.0. The predicted octanol–water partition coefficient (Wildman–Crippen LogP) is 11.8. The minimum atomic E-state index is 0.145. The maximum atomic E-state index is 6.98. The van der Waals surface area contributed by atoms with Crippen molar-refractivity contribution in [1.29, 1.82) is 0 Å². The molecule has 0 bridgehead atoms. The van der Waals surface area contributed by atoms with E-state index >= 15 is 0 Å². The first-order valence-electron chi connectivity index (χ1n) is 17.8. The highest BCUT2D eigenvalue weighted by Gasteiger charge is 2.38. The molecule has 0 amide bonds. The Morgan fingerprint density at radius 3 is 1.85 bits per heavy atom. The Kier molecular flexibility index (Phi) is 6.62. The topological polar surface area (TPSA) is 14.2 Å². The first-order chi connectivity index (χ1) is 25.8. The second-order valence-corrected chi connectivity index (χ2v) is 14.8. The van der Waals surface area contributed by atoms with Crippen LogP contribution in [-0.4, -0.2) is 10.6 Å². The van der Waals surface area contributed by atoms with Gasteiger partial charge in [-0.2, -0.15) is 11.6 Å². The van der Waals surface area contributed by atoms with Crippen molar-refractivity contribution in [1.82, 2.24) is 4.57 Å². The zero-order valence-corrected chi connectivity index (χ0v) is 29.0. The highest BCUT2D eigenvalue weighted by atomic mass is 32.2. The number of rotatable bonds is 4. The number of fused-ring (bicyclic) bond motifs is 7. The zero-order valence-electron chi connectivity index (χ0n) is 28.2. The molecule has 0 radical (unpaired) electrons. The molecule has 242 valence electrons. The Labute approximate surface area is 307 Å². The number of benzene rings is 8. The van der Waals surface area contributed by atoms with Crippen molar-refractivity contribution in [3.8, 4) is 61.7 Å². The van der Waals surface area contributed by atoms with Crippen LogP contribution in [0.2, 0.25) is 0 Å². The van der Waals surface area contributed by atoms with Crippen LogP contribution in [0.4, 0.5) is 0 Å². The van der Waals surface area contributed by atoms with E-state index in [1.165, 1.54) is 65.4 Å². The quantitative estimate of drug-likeness (QED) is 0.172. The van der Waals surface area contributed by atoms with Gasteiger partial charge >= 0.3 is 0 Å². The zero-order chi connectivity index (χ0) is 34.2. The van der Waals surface area contributed by atoms with Gasteiger partial charge in [-0.1, -0.05) is 127 Å². The largest absolute Gasteiger partial charge is 0.458 e. The van der Waals surface area contributed by atoms with Crippen LogP contribution in [0.3, 0.4) is 0 Å². The molecule has 4 heteroatoms. The van der Waals surface area contributed by atoms with E-state index in [0.29, 0.717) is 0 Å². The number of hydrogen-bond acceptors (Lipinski definition) is 2. The number of para-hydroxylation sites is 2. The molecule has 2 nitrogen and oxygen atoms in total. The van der Waals surface area contributed by atoms with Crippen LogP contribution in [-0.2, 0) is 0 Å². The van der Waals surface area contributed by atoms with E-state index in [1.54, 1.807) is 0 Å². The summed E-state index contributed by atoms with van der Waals surface area (Å²) in [5.41, 5.74) is 15.6. The van der Waals surface area contributed by atoms with Crippen molar-refractivity contribution < 1.29 is 4.74 Å². The lowest BCUT2D eigenvalue weighted by molar-refractivity contribution is 0.488. The van der Waals surface area contributed by atoms with E-state index in [9.17, 15) is 0 Å². The van der Waals surface area contributed by atoms with Gasteiger partial charge in [0.05, 0.1) is 11.0 Å². The molecule has 0 N–H and O–H groups in total. The second kappa shape index (κ2) is 11.7. The predicted molar refractivity (Wildman–Crippen MR) is 220 cm³/mol. The van der Waals surface area contributed by atoms with Gasteiger partial charge in [0.15, 0.2) is 0 Å². The Hall–Kier alpha value is -6.23. The average Bonchev–Trinajstić information content (AvgIpc) is 3.55. The Morgan fingerprint density at radius 1 is 0.423 bits per heavy atom. The Balaban J connectivity index is 1.03. The number of ether oxygens (including phenoxy) is 1. The Morgan fingerprint density at radius 2 is 1.04 bits per heavy atom. The van der Waals surface area contributed by atoms with Crippen molar-refractivity contribution in [3.05, 3.63) is 182 Å². The maximum absolute atomic E-state index is 6.98. The van der Waals surface area contributed by atoms with Gasteiger partial charge in [-0.05, 0) is 110 Å². The summed E-state index contributed by atoms with van der Waals surface area (Å²) in [6.45, 7) is 0. The van der Waals surface area contributed by atoms with Crippen LogP contribution in [0.5, 0.6) is 11.5 Å². The highest BCUT2D eigenvalue weighted by molar-refractivity contribution is 8.28. The van der Waals surface area contributed by atoms with Gasteiger partial charge in [-0.15, -0.1) is 0 Å². The lowest BCUT2D eigenvalue weighted by Gasteiger charge is -2.33. The van der Waals surface area contributed by atoms with Gasteiger partial charge in [0.2, 0.25) is 0 Å². The van der Waals surface area contributed by atoms with Gasteiger partial charge in [-0.25, -0.2) is 0 Å². The first-order valence-corrected chi connectivity index (χ1v) is 18.7. The fraction of sp³-hybridized carbons (Fsp3) is 0. The molecule has 2 aliphatic rings. The van der Waals surface area contributed by atoms with E-state index in [1.807, 2.05) is 11.6 Å². The number of nitrogens with zero attached hydrogens (tertiary/aromatic N) is 1. The summed E-state index contributed by atoms with van der Waals surface area (Å²) in [6, 6.07) is 65.9. The minimum Gasteiger partial charge on any atom is -0.458 e. The monoisotopic (exact) mass is 679 g/mol. The molecule has 0 unspecified atom stereocenters. The molecule has 3 heterocycles. The van der Waals surface area contributed by atoms with Gasteiger partial charge in [0.25, 0.3) is 5.99 Å². The minimum absolute atomic E-state index is 0.145. The maximum Gasteiger partial charge on any atom is 0.289 e. The van der Waals surface area contributed by atoms with Crippen molar-refractivity contribution >= 4 is 50.3 Å². The molecule has 2 aliphatic heterocycles. The summed E-state index contributed by atoms with van der Waals surface area (Å²) in [5, 5.41) is 2.53. The normalized spacial score (nSPS) is 12.7. The van der Waals surface area contributed by atoms with Crippen molar-refractivity contribution in [2.75, 3.05) is 0 Å². The number of hydrogen-bond donors (Lipinski definition) is 0. The summed E-state index contributed by atoms with van der Waals surface area (Å²) in [7, 11) is 0. The van der Waals surface area contributed by atoms with Crippen LogP contribution in [0.15, 0.2) is 187 Å². The molecular formula is C48H30BNOS. The fourth-order valence-corrected chi connectivity index (χ4v) is 9.64. The smallest absolute Gasteiger partial charge is 0.289 e. The van der Waals surface area contributed by atoms with Crippen molar-refractivity contribution in [2.24, 2.45) is 0 Å². The molecule has 0 atom stereocenters. The first kappa shape index (κ1) is 29.5. The molecule has 0 fully saturated rings. The second-order valence-electron chi connectivity index (χ2n) is 13.7. The highest BCUT2D eigenvalue weighted by Crippen LogP contribution is 2.45. The molecule has 52 heavy (non-hydrogen) atoms. The summed E-state index contributed by atoms with van der Waals surface area (Å²) in [4.78, 5) is 1.30. The van der Waals surface area contributed by atoms with Gasteiger partial charge in [-0.3, -0.25) is 0 Å².